The number of halogens is 1. The second-order valence-electron chi connectivity index (χ2n) is 8.08. The summed E-state index contributed by atoms with van der Waals surface area (Å²) in [5.74, 6) is -0.604. The van der Waals surface area contributed by atoms with E-state index >= 15 is 0 Å². The van der Waals surface area contributed by atoms with Gasteiger partial charge < -0.3 is 4.74 Å². The van der Waals surface area contributed by atoms with Gasteiger partial charge in [-0.1, -0.05) is 84.4 Å². The average Bonchev–Trinajstić information content (AvgIpc) is 2.93. The average molecular weight is 506 g/mol. The summed E-state index contributed by atoms with van der Waals surface area (Å²) in [5, 5.41) is 5.15. The lowest BCUT2D eigenvalue weighted by Crippen LogP contribution is -2.18. The van der Waals surface area contributed by atoms with Crippen molar-refractivity contribution in [3.8, 4) is 17.0 Å². The van der Waals surface area contributed by atoms with E-state index in [4.69, 9.17) is 21.3 Å². The molecule has 37 heavy (non-hydrogen) atoms. The van der Waals surface area contributed by atoms with Crippen LogP contribution in [-0.4, -0.2) is 23.1 Å². The maximum Gasteiger partial charge on any atom is 0.345 e. The monoisotopic (exact) mass is 505 g/mol. The first kappa shape index (κ1) is 23.9. The first-order chi connectivity index (χ1) is 18.1. The number of hydrogen-bond donors (Lipinski definition) is 1. The van der Waals surface area contributed by atoms with Crippen molar-refractivity contribution in [2.45, 2.75) is 0 Å². The predicted molar refractivity (Wildman–Crippen MR) is 145 cm³/mol. The molecule has 1 aromatic heterocycles. The third-order valence-corrected chi connectivity index (χ3v) is 5.90. The molecule has 4 aromatic carbocycles. The molecule has 0 aliphatic carbocycles. The molecule has 1 N–H and O–H groups in total. The largest absolute Gasteiger partial charge is 0.423 e. The van der Waals surface area contributed by atoms with Gasteiger partial charge in [0.15, 0.2) is 0 Å². The van der Waals surface area contributed by atoms with Gasteiger partial charge in [-0.2, -0.15) is 5.10 Å². The topological polar surface area (TPSA) is 80.6 Å². The summed E-state index contributed by atoms with van der Waals surface area (Å²) >= 11 is 6.08. The number of aromatic nitrogens is 1. The van der Waals surface area contributed by atoms with Gasteiger partial charge in [0.1, 0.15) is 5.75 Å². The van der Waals surface area contributed by atoms with Crippen LogP contribution >= 0.6 is 11.6 Å². The quantitative estimate of drug-likeness (QED) is 0.123. The highest BCUT2D eigenvalue weighted by molar-refractivity contribution is 6.33. The fourth-order valence-electron chi connectivity index (χ4n) is 3.79. The van der Waals surface area contributed by atoms with Crippen LogP contribution in [0.2, 0.25) is 5.02 Å². The summed E-state index contributed by atoms with van der Waals surface area (Å²) in [6, 6.07) is 32.4. The zero-order chi connectivity index (χ0) is 25.6. The zero-order valence-corrected chi connectivity index (χ0v) is 20.2. The summed E-state index contributed by atoms with van der Waals surface area (Å²) in [4.78, 5) is 30.2. The van der Waals surface area contributed by atoms with Gasteiger partial charge in [0.2, 0.25) is 0 Å². The van der Waals surface area contributed by atoms with E-state index in [2.05, 4.69) is 10.5 Å². The van der Waals surface area contributed by atoms with Gasteiger partial charge in [-0.05, 0) is 42.0 Å². The molecule has 7 heteroatoms. The summed E-state index contributed by atoms with van der Waals surface area (Å²) < 4.78 is 5.44. The summed E-state index contributed by atoms with van der Waals surface area (Å²) in [6.45, 7) is 0. The van der Waals surface area contributed by atoms with Gasteiger partial charge in [-0.15, -0.1) is 0 Å². The third kappa shape index (κ3) is 5.55. The molecule has 5 rings (SSSR count). The normalized spacial score (nSPS) is 10.9. The number of rotatable bonds is 6. The Morgan fingerprint density at radius 3 is 2.41 bits per heavy atom. The van der Waals surface area contributed by atoms with Crippen LogP contribution in [0.4, 0.5) is 0 Å². The molecule has 0 radical (unpaired) electrons. The minimum atomic E-state index is -0.563. The van der Waals surface area contributed by atoms with Crippen molar-refractivity contribution in [3.05, 3.63) is 131 Å². The third-order valence-electron chi connectivity index (χ3n) is 5.57. The van der Waals surface area contributed by atoms with Crippen molar-refractivity contribution >= 4 is 40.6 Å². The van der Waals surface area contributed by atoms with Crippen LogP contribution in [0.25, 0.3) is 22.2 Å². The first-order valence-corrected chi connectivity index (χ1v) is 11.8. The van der Waals surface area contributed by atoms with E-state index in [1.54, 1.807) is 54.6 Å². The maximum atomic E-state index is 13.1. The molecule has 0 bridgehead atoms. The molecular formula is C30H20ClN3O3. The lowest BCUT2D eigenvalue weighted by molar-refractivity contribution is 0.0734. The molecule has 0 aliphatic rings. The van der Waals surface area contributed by atoms with Crippen LogP contribution < -0.4 is 10.2 Å². The Labute approximate surface area is 218 Å². The number of carbonyl (C=O) groups is 2. The van der Waals surface area contributed by atoms with E-state index in [-0.39, 0.29) is 11.5 Å². The van der Waals surface area contributed by atoms with Crippen molar-refractivity contribution in [3.63, 3.8) is 0 Å². The molecule has 5 aromatic rings. The Morgan fingerprint density at radius 2 is 1.57 bits per heavy atom. The molecule has 0 saturated carbocycles. The van der Waals surface area contributed by atoms with Crippen LogP contribution in [0.3, 0.4) is 0 Å². The van der Waals surface area contributed by atoms with Gasteiger partial charge in [-0.25, -0.2) is 15.2 Å². The molecule has 0 atom stereocenters. The fraction of sp³-hybridized carbons (Fsp3) is 0. The predicted octanol–water partition coefficient (Wildman–Crippen LogP) is 6.54. The Bertz CT molecular complexity index is 1630. The highest BCUT2D eigenvalue weighted by atomic mass is 35.5. The molecular weight excluding hydrogens is 486 g/mol. The molecule has 1 amide bonds. The Morgan fingerprint density at radius 1 is 0.811 bits per heavy atom. The number of esters is 1. The van der Waals surface area contributed by atoms with Crippen molar-refractivity contribution in [1.82, 2.24) is 10.4 Å². The Kier molecular flexibility index (Phi) is 7.01. The van der Waals surface area contributed by atoms with Crippen LogP contribution in [-0.2, 0) is 0 Å². The number of nitrogens with one attached hydrogen (secondary N) is 1. The lowest BCUT2D eigenvalue weighted by atomic mass is 10.0. The number of hydrazone groups is 1. The van der Waals surface area contributed by atoms with Gasteiger partial charge in [0, 0.05) is 10.9 Å². The minimum absolute atomic E-state index is 0.273. The van der Waals surface area contributed by atoms with E-state index in [1.807, 2.05) is 54.6 Å². The number of pyridine rings is 1. The molecule has 0 fully saturated rings. The summed E-state index contributed by atoms with van der Waals surface area (Å²) in [7, 11) is 0. The first-order valence-electron chi connectivity index (χ1n) is 11.4. The standard InChI is InChI=1S/C30H20ClN3O3/c31-26-15-6-4-14-24(26)30(36)37-22-12-8-9-20(17-22)19-32-34-29(35)25-18-28(21-10-2-1-3-11-21)33-27-16-7-5-13-23(25)27/h1-19H,(H,34,35). The molecule has 6 nitrogen and oxygen atoms in total. The highest BCUT2D eigenvalue weighted by Crippen LogP contribution is 2.25. The van der Waals surface area contributed by atoms with Crippen LogP contribution in [0.1, 0.15) is 26.3 Å². The zero-order valence-electron chi connectivity index (χ0n) is 19.5. The number of hydrogen-bond acceptors (Lipinski definition) is 5. The van der Waals surface area contributed by atoms with E-state index in [0.717, 1.165) is 10.9 Å². The number of ether oxygens (including phenoxy) is 1. The minimum Gasteiger partial charge on any atom is -0.423 e. The van der Waals surface area contributed by atoms with E-state index < -0.39 is 5.97 Å². The fourth-order valence-corrected chi connectivity index (χ4v) is 4.01. The summed E-state index contributed by atoms with van der Waals surface area (Å²) in [6.07, 6.45) is 1.48. The van der Waals surface area contributed by atoms with Gasteiger partial charge in [0.05, 0.1) is 33.6 Å². The molecule has 1 heterocycles. The van der Waals surface area contributed by atoms with E-state index in [0.29, 0.717) is 33.1 Å². The van der Waals surface area contributed by atoms with Crippen molar-refractivity contribution in [2.75, 3.05) is 0 Å². The highest BCUT2D eigenvalue weighted by Gasteiger charge is 2.14. The van der Waals surface area contributed by atoms with Gasteiger partial charge in [0.25, 0.3) is 5.91 Å². The number of fused-ring (bicyclic) bond motifs is 1. The van der Waals surface area contributed by atoms with Crippen LogP contribution in [0, 0.1) is 0 Å². The smallest absolute Gasteiger partial charge is 0.345 e. The van der Waals surface area contributed by atoms with Crippen LogP contribution in [0.5, 0.6) is 5.75 Å². The number of nitrogens with zero attached hydrogens (tertiary/aromatic N) is 2. The van der Waals surface area contributed by atoms with Crippen LogP contribution in [0.15, 0.2) is 114 Å². The van der Waals surface area contributed by atoms with Crippen molar-refractivity contribution < 1.29 is 14.3 Å². The molecule has 180 valence electrons. The molecule has 0 saturated heterocycles. The van der Waals surface area contributed by atoms with Gasteiger partial charge in [-0.3, -0.25) is 4.79 Å². The van der Waals surface area contributed by atoms with E-state index in [1.165, 1.54) is 6.21 Å². The Hall–Kier alpha value is -4.81. The van der Waals surface area contributed by atoms with Crippen molar-refractivity contribution in [2.24, 2.45) is 5.10 Å². The number of amides is 1. The molecule has 0 aliphatic heterocycles. The molecule has 0 unspecified atom stereocenters. The SMILES string of the molecule is O=C(Oc1cccc(C=NNC(=O)c2cc(-c3ccccc3)nc3ccccc23)c1)c1ccccc1Cl. The van der Waals surface area contributed by atoms with Crippen molar-refractivity contribution in [1.29, 1.82) is 0 Å². The number of carbonyl (C=O) groups excluding carboxylic acids is 2. The Balaban J connectivity index is 1.34. The lowest BCUT2D eigenvalue weighted by Gasteiger charge is -2.09. The van der Waals surface area contributed by atoms with Gasteiger partial charge >= 0.3 is 5.97 Å². The number of para-hydroxylation sites is 1. The summed E-state index contributed by atoms with van der Waals surface area (Å²) in [5.41, 5.74) is 6.28. The van der Waals surface area contributed by atoms with E-state index in [9.17, 15) is 9.59 Å². The maximum absolute atomic E-state index is 13.1. The number of benzene rings is 4. The molecule has 0 spiro atoms. The second kappa shape index (κ2) is 10.8. The second-order valence-corrected chi connectivity index (χ2v) is 8.49.